The molecule has 6 rings (SSSR count). The molecule has 2 atom stereocenters. The molecule has 2 aliphatic rings. The van der Waals surface area contributed by atoms with Crippen LogP contribution in [0.2, 0.25) is 10.0 Å². The number of hydrazone groups is 1. The van der Waals surface area contributed by atoms with Gasteiger partial charge in [0.05, 0.1) is 17.4 Å². The van der Waals surface area contributed by atoms with Crippen molar-refractivity contribution in [2.24, 2.45) is 11.0 Å². The molecule has 0 N–H and O–H groups in total. The van der Waals surface area contributed by atoms with Gasteiger partial charge in [0, 0.05) is 35.6 Å². The molecule has 5 heteroatoms. The van der Waals surface area contributed by atoms with E-state index in [2.05, 4.69) is 88.8 Å². The maximum Gasteiger partial charge on any atom is 0.0886 e. The average Bonchev–Trinajstić information content (AvgIpc) is 3.31. The average molecular weight is 524 g/mol. The lowest BCUT2D eigenvalue weighted by molar-refractivity contribution is 0.245. The first-order valence-corrected chi connectivity index (χ1v) is 13.3. The Labute approximate surface area is 228 Å². The molecule has 184 valence electrons. The highest BCUT2D eigenvalue weighted by Crippen LogP contribution is 2.45. The van der Waals surface area contributed by atoms with Gasteiger partial charge < -0.3 is 0 Å². The van der Waals surface area contributed by atoms with Crippen molar-refractivity contribution in [3.8, 4) is 0 Å². The molecule has 4 aromatic carbocycles. The first-order chi connectivity index (χ1) is 18.2. The summed E-state index contributed by atoms with van der Waals surface area (Å²) < 4.78 is 0. The van der Waals surface area contributed by atoms with Gasteiger partial charge in [-0.2, -0.15) is 5.10 Å². The van der Waals surface area contributed by atoms with Crippen LogP contribution in [0, 0.1) is 5.92 Å². The lowest BCUT2D eigenvalue weighted by Crippen LogP contribution is -2.43. The molecule has 2 heterocycles. The van der Waals surface area contributed by atoms with E-state index in [4.69, 9.17) is 28.3 Å². The summed E-state index contributed by atoms with van der Waals surface area (Å²) >= 11 is 13.4. The standard InChI is InChI=1S/C32H27Cl2N3/c33-29-17-9-7-13-24(29)19-25-21-36(20-23-11-3-1-4-12-23)22-28-31(25)35-37(26-14-5-2-6-15-26)32(28)27-16-8-10-18-30(27)34/h1-19,28,32H,20-22H2/b25-19+/t28-,32+/m1/s1. The Morgan fingerprint density at radius 1 is 0.757 bits per heavy atom. The number of halogens is 2. The second-order valence-electron chi connectivity index (χ2n) is 9.58. The minimum absolute atomic E-state index is 0.0145. The van der Waals surface area contributed by atoms with Crippen molar-refractivity contribution in [1.82, 2.24) is 4.90 Å². The Balaban J connectivity index is 1.47. The molecule has 0 unspecified atom stereocenters. The van der Waals surface area contributed by atoms with Crippen LogP contribution in [-0.2, 0) is 6.54 Å². The van der Waals surface area contributed by atoms with E-state index in [-0.39, 0.29) is 12.0 Å². The van der Waals surface area contributed by atoms with Crippen molar-refractivity contribution in [1.29, 1.82) is 0 Å². The summed E-state index contributed by atoms with van der Waals surface area (Å²) in [5.41, 5.74) is 6.76. The fourth-order valence-corrected chi connectivity index (χ4v) is 5.89. The lowest BCUT2D eigenvalue weighted by atomic mass is 9.82. The van der Waals surface area contributed by atoms with Gasteiger partial charge >= 0.3 is 0 Å². The number of fused-ring (bicyclic) bond motifs is 1. The quantitative estimate of drug-likeness (QED) is 0.263. The first kappa shape index (κ1) is 24.0. The van der Waals surface area contributed by atoms with E-state index in [1.54, 1.807) is 0 Å². The molecule has 1 fully saturated rings. The van der Waals surface area contributed by atoms with Gasteiger partial charge in [-0.05, 0) is 52.6 Å². The second kappa shape index (κ2) is 10.5. The Kier molecular flexibility index (Phi) is 6.84. The molecule has 0 aliphatic carbocycles. The van der Waals surface area contributed by atoms with Crippen LogP contribution >= 0.6 is 23.2 Å². The fraction of sp³-hybridized carbons (Fsp3) is 0.156. The molecule has 3 nitrogen and oxygen atoms in total. The van der Waals surface area contributed by atoms with Crippen molar-refractivity contribution in [3.63, 3.8) is 0 Å². The number of rotatable bonds is 5. The maximum atomic E-state index is 6.82. The number of hydrogen-bond acceptors (Lipinski definition) is 3. The second-order valence-corrected chi connectivity index (χ2v) is 10.4. The minimum atomic E-state index is -0.0145. The molecule has 2 aliphatic heterocycles. The summed E-state index contributed by atoms with van der Waals surface area (Å²) in [6.07, 6.45) is 2.21. The fourth-order valence-electron chi connectivity index (χ4n) is 5.45. The van der Waals surface area contributed by atoms with E-state index in [9.17, 15) is 0 Å². The largest absolute Gasteiger partial charge is 0.294 e. The first-order valence-electron chi connectivity index (χ1n) is 12.6. The van der Waals surface area contributed by atoms with E-state index in [0.717, 1.165) is 52.2 Å². The van der Waals surface area contributed by atoms with E-state index >= 15 is 0 Å². The molecule has 0 radical (unpaired) electrons. The van der Waals surface area contributed by atoms with Gasteiger partial charge in [0.25, 0.3) is 0 Å². The zero-order chi connectivity index (χ0) is 25.2. The van der Waals surface area contributed by atoms with Gasteiger partial charge in [-0.3, -0.25) is 9.91 Å². The monoisotopic (exact) mass is 523 g/mol. The van der Waals surface area contributed by atoms with Gasteiger partial charge in [-0.1, -0.05) is 108 Å². The third-order valence-corrected chi connectivity index (χ3v) is 7.81. The summed E-state index contributed by atoms with van der Waals surface area (Å²) in [4.78, 5) is 2.51. The molecule has 37 heavy (non-hydrogen) atoms. The third kappa shape index (κ3) is 4.95. The van der Waals surface area contributed by atoms with Crippen LogP contribution in [0.15, 0.2) is 120 Å². The smallest absolute Gasteiger partial charge is 0.0886 e. The highest BCUT2D eigenvalue weighted by Gasteiger charge is 2.44. The normalized spacial score (nSPS) is 20.6. The SMILES string of the molecule is Clc1ccccc1/C=C1\CN(Cc2ccccc2)C[C@@H]2C1=NN(c1ccccc1)[C@H]2c1ccccc1Cl. The van der Waals surface area contributed by atoms with Gasteiger partial charge in [-0.25, -0.2) is 0 Å². The zero-order valence-corrected chi connectivity index (χ0v) is 21.9. The molecule has 0 saturated carbocycles. The molecule has 0 bridgehead atoms. The molecule has 1 saturated heterocycles. The molecular formula is C32H27Cl2N3. The molecule has 0 spiro atoms. The van der Waals surface area contributed by atoms with Crippen LogP contribution in [0.4, 0.5) is 5.69 Å². The minimum Gasteiger partial charge on any atom is -0.294 e. The van der Waals surface area contributed by atoms with Crippen LogP contribution in [-0.4, -0.2) is 23.7 Å². The number of likely N-dealkylation sites (tertiary alicyclic amines) is 1. The Morgan fingerprint density at radius 2 is 1.41 bits per heavy atom. The van der Waals surface area contributed by atoms with E-state index < -0.39 is 0 Å². The number of nitrogens with zero attached hydrogens (tertiary/aromatic N) is 3. The summed E-state index contributed by atoms with van der Waals surface area (Å²) in [5, 5.41) is 8.95. The Hall–Kier alpha value is -3.37. The van der Waals surface area contributed by atoms with Crippen LogP contribution in [0.1, 0.15) is 22.7 Å². The van der Waals surface area contributed by atoms with Crippen molar-refractivity contribution < 1.29 is 0 Å². The highest BCUT2D eigenvalue weighted by atomic mass is 35.5. The number of benzene rings is 4. The van der Waals surface area contributed by atoms with Crippen molar-refractivity contribution in [2.45, 2.75) is 12.6 Å². The predicted octanol–water partition coefficient (Wildman–Crippen LogP) is 8.13. The predicted molar refractivity (Wildman–Crippen MR) is 155 cm³/mol. The molecule has 0 aromatic heterocycles. The summed E-state index contributed by atoms with van der Waals surface area (Å²) in [6, 6.07) is 37.2. The van der Waals surface area contributed by atoms with Gasteiger partial charge in [-0.15, -0.1) is 0 Å². The Bertz CT molecular complexity index is 1450. The summed E-state index contributed by atoms with van der Waals surface area (Å²) in [7, 11) is 0. The maximum absolute atomic E-state index is 6.82. The summed E-state index contributed by atoms with van der Waals surface area (Å²) in [5.74, 6) is 0.145. The van der Waals surface area contributed by atoms with Gasteiger partial charge in [0.15, 0.2) is 0 Å². The van der Waals surface area contributed by atoms with Crippen LogP contribution in [0.25, 0.3) is 6.08 Å². The van der Waals surface area contributed by atoms with E-state index in [1.807, 2.05) is 36.4 Å². The summed E-state index contributed by atoms with van der Waals surface area (Å²) in [6.45, 7) is 2.55. The zero-order valence-electron chi connectivity index (χ0n) is 20.3. The number of para-hydroxylation sites is 1. The molecular weight excluding hydrogens is 497 g/mol. The van der Waals surface area contributed by atoms with Crippen LogP contribution < -0.4 is 5.01 Å². The van der Waals surface area contributed by atoms with Gasteiger partial charge in [0.2, 0.25) is 0 Å². The number of hydrogen-bond donors (Lipinski definition) is 0. The molecule has 0 amide bonds. The van der Waals surface area contributed by atoms with Crippen molar-refractivity contribution in [3.05, 3.63) is 142 Å². The van der Waals surface area contributed by atoms with Gasteiger partial charge in [0.1, 0.15) is 0 Å². The van der Waals surface area contributed by atoms with Crippen molar-refractivity contribution >= 4 is 40.7 Å². The highest BCUT2D eigenvalue weighted by molar-refractivity contribution is 6.32. The topological polar surface area (TPSA) is 18.8 Å². The number of piperidine rings is 1. The van der Waals surface area contributed by atoms with E-state index in [1.165, 1.54) is 11.1 Å². The Morgan fingerprint density at radius 3 is 2.14 bits per heavy atom. The van der Waals surface area contributed by atoms with E-state index in [0.29, 0.717) is 0 Å². The molecule has 4 aromatic rings. The number of anilines is 1. The lowest BCUT2D eigenvalue weighted by Gasteiger charge is -2.37. The third-order valence-electron chi connectivity index (χ3n) is 7.12. The van der Waals surface area contributed by atoms with Crippen LogP contribution in [0.3, 0.4) is 0 Å². The van der Waals surface area contributed by atoms with Crippen molar-refractivity contribution in [2.75, 3.05) is 18.1 Å². The van der Waals surface area contributed by atoms with Crippen LogP contribution in [0.5, 0.6) is 0 Å².